The number of benzene rings is 1. The first-order chi connectivity index (χ1) is 9.15. The van der Waals surface area contributed by atoms with E-state index in [1.807, 2.05) is 12.1 Å². The maximum absolute atomic E-state index is 11.6. The summed E-state index contributed by atoms with van der Waals surface area (Å²) in [6.07, 6.45) is 2.68. The Bertz CT molecular complexity index is 472. The quantitative estimate of drug-likeness (QED) is 0.822. The fraction of sp³-hybridized carbons (Fsp3) is 0.429. The van der Waals surface area contributed by atoms with Gasteiger partial charge in [0, 0.05) is 6.04 Å². The molecule has 1 aliphatic carbocycles. The van der Waals surface area contributed by atoms with Crippen LogP contribution in [-0.2, 0) is 27.2 Å². The Morgan fingerprint density at radius 2 is 2.00 bits per heavy atom. The van der Waals surface area contributed by atoms with E-state index >= 15 is 0 Å². The second kappa shape index (κ2) is 6.33. The number of aryl methyl sites for hydroxylation is 1. The van der Waals surface area contributed by atoms with Crippen LogP contribution >= 0.6 is 0 Å². The number of nitrogens with one attached hydrogen (secondary N) is 1. The predicted molar refractivity (Wildman–Crippen MR) is 68.9 cm³/mol. The van der Waals surface area contributed by atoms with Gasteiger partial charge in [0.25, 0.3) is 0 Å². The van der Waals surface area contributed by atoms with Gasteiger partial charge in [-0.1, -0.05) is 24.3 Å². The smallest absolute Gasteiger partial charge is 0.329 e. The van der Waals surface area contributed by atoms with Crippen molar-refractivity contribution in [3.05, 3.63) is 35.4 Å². The molecule has 0 aliphatic heterocycles. The van der Waals surface area contributed by atoms with Crippen molar-refractivity contribution in [3.63, 3.8) is 0 Å². The molecule has 0 fully saturated rings. The molecule has 1 amide bonds. The van der Waals surface area contributed by atoms with E-state index < -0.39 is 12.6 Å². The lowest BCUT2D eigenvalue weighted by Crippen LogP contribution is -2.40. The summed E-state index contributed by atoms with van der Waals surface area (Å²) >= 11 is 0. The molecule has 0 heterocycles. The second-order valence-electron chi connectivity index (χ2n) is 4.66. The van der Waals surface area contributed by atoms with E-state index in [0.717, 1.165) is 19.3 Å². The van der Waals surface area contributed by atoms with E-state index in [1.54, 1.807) is 0 Å². The van der Waals surface area contributed by atoms with Gasteiger partial charge in [-0.25, -0.2) is 4.79 Å². The highest BCUT2D eigenvalue weighted by molar-refractivity contribution is 5.78. The minimum Gasteiger partial charge on any atom is -0.480 e. The number of ether oxygens (including phenoxy) is 1. The number of amides is 1. The first kappa shape index (κ1) is 13.5. The van der Waals surface area contributed by atoms with Crippen LogP contribution in [0.2, 0.25) is 0 Å². The van der Waals surface area contributed by atoms with E-state index in [-0.39, 0.29) is 18.6 Å². The molecule has 5 heteroatoms. The Labute approximate surface area is 111 Å². The maximum Gasteiger partial charge on any atom is 0.329 e. The van der Waals surface area contributed by atoms with Gasteiger partial charge < -0.3 is 15.2 Å². The number of carboxylic acid groups (broad SMARTS) is 1. The van der Waals surface area contributed by atoms with Crippen LogP contribution in [0.5, 0.6) is 0 Å². The van der Waals surface area contributed by atoms with Crippen molar-refractivity contribution in [2.75, 3.05) is 13.2 Å². The van der Waals surface area contributed by atoms with Crippen LogP contribution < -0.4 is 5.32 Å². The molecule has 0 saturated heterocycles. The van der Waals surface area contributed by atoms with Gasteiger partial charge in [0.15, 0.2) is 0 Å². The first-order valence-electron chi connectivity index (χ1n) is 6.31. The van der Waals surface area contributed by atoms with Gasteiger partial charge in [-0.15, -0.1) is 0 Å². The Balaban J connectivity index is 1.79. The zero-order valence-electron chi connectivity index (χ0n) is 10.6. The Morgan fingerprint density at radius 1 is 1.26 bits per heavy atom. The lowest BCUT2D eigenvalue weighted by atomic mass is 9.88. The normalized spacial score (nSPS) is 17.6. The van der Waals surface area contributed by atoms with E-state index in [4.69, 9.17) is 9.84 Å². The number of aliphatic carboxylic acids is 1. The molecule has 5 nitrogen and oxygen atoms in total. The van der Waals surface area contributed by atoms with Crippen molar-refractivity contribution in [2.45, 2.75) is 25.3 Å². The third kappa shape index (κ3) is 4.06. The molecule has 2 rings (SSSR count). The number of carboxylic acids is 1. The summed E-state index contributed by atoms with van der Waals surface area (Å²) in [5, 5.41) is 11.3. The van der Waals surface area contributed by atoms with Crippen LogP contribution in [0.3, 0.4) is 0 Å². The number of rotatable bonds is 5. The van der Waals surface area contributed by atoms with Crippen LogP contribution in [0.1, 0.15) is 17.5 Å². The molecular formula is C14H17NO4. The molecule has 0 spiro atoms. The summed E-state index contributed by atoms with van der Waals surface area (Å²) < 4.78 is 4.76. The summed E-state index contributed by atoms with van der Waals surface area (Å²) in [6.45, 7) is -0.647. The van der Waals surface area contributed by atoms with Crippen molar-refractivity contribution in [1.82, 2.24) is 5.32 Å². The number of hydrogen-bond acceptors (Lipinski definition) is 3. The van der Waals surface area contributed by atoms with Crippen molar-refractivity contribution < 1.29 is 19.4 Å². The lowest BCUT2D eigenvalue weighted by molar-refractivity contribution is -0.143. The van der Waals surface area contributed by atoms with Crippen molar-refractivity contribution in [2.24, 2.45) is 0 Å². The number of fused-ring (bicyclic) bond motifs is 1. The fourth-order valence-electron chi connectivity index (χ4n) is 2.32. The van der Waals surface area contributed by atoms with Gasteiger partial charge in [-0.2, -0.15) is 0 Å². The van der Waals surface area contributed by atoms with Crippen LogP contribution in [0.25, 0.3) is 0 Å². The summed E-state index contributed by atoms with van der Waals surface area (Å²) in [6, 6.07) is 8.32. The zero-order valence-corrected chi connectivity index (χ0v) is 10.6. The van der Waals surface area contributed by atoms with Crippen molar-refractivity contribution >= 4 is 11.9 Å². The minimum absolute atomic E-state index is 0.107. The maximum atomic E-state index is 11.6. The number of carbonyl (C=O) groups is 2. The lowest BCUT2D eigenvalue weighted by Gasteiger charge is -2.25. The van der Waals surface area contributed by atoms with Crippen LogP contribution in [0, 0.1) is 0 Å². The molecule has 2 N–H and O–H groups in total. The van der Waals surface area contributed by atoms with Gasteiger partial charge in [-0.3, -0.25) is 4.79 Å². The molecular weight excluding hydrogens is 246 g/mol. The summed E-state index contributed by atoms with van der Waals surface area (Å²) in [5.41, 5.74) is 2.61. The molecule has 19 heavy (non-hydrogen) atoms. The van der Waals surface area contributed by atoms with Gasteiger partial charge >= 0.3 is 5.97 Å². The van der Waals surface area contributed by atoms with E-state index in [2.05, 4.69) is 17.4 Å². The van der Waals surface area contributed by atoms with Gasteiger partial charge in [0.05, 0.1) is 0 Å². The van der Waals surface area contributed by atoms with Gasteiger partial charge in [0.2, 0.25) is 5.91 Å². The van der Waals surface area contributed by atoms with Crippen LogP contribution in [0.15, 0.2) is 24.3 Å². The standard InChI is InChI=1S/C14H17NO4/c16-13(8-19-9-14(17)18)15-12-6-5-10-3-1-2-4-11(10)7-12/h1-4,12H,5-9H2,(H,15,16)(H,17,18). The molecule has 0 aromatic heterocycles. The third-order valence-corrected chi connectivity index (χ3v) is 3.17. The number of carbonyl (C=O) groups excluding carboxylic acids is 1. The molecule has 0 saturated carbocycles. The highest BCUT2D eigenvalue weighted by Crippen LogP contribution is 2.20. The van der Waals surface area contributed by atoms with Crippen molar-refractivity contribution in [1.29, 1.82) is 0 Å². The monoisotopic (exact) mass is 263 g/mol. The Kier molecular flexibility index (Phi) is 4.52. The topological polar surface area (TPSA) is 75.6 Å². The summed E-state index contributed by atoms with van der Waals surface area (Å²) in [5.74, 6) is -1.33. The SMILES string of the molecule is O=C(O)COCC(=O)NC1CCc2ccccc2C1. The van der Waals surface area contributed by atoms with E-state index in [1.165, 1.54) is 11.1 Å². The summed E-state index contributed by atoms with van der Waals surface area (Å²) in [4.78, 5) is 21.8. The Morgan fingerprint density at radius 3 is 2.74 bits per heavy atom. The predicted octanol–water partition coefficient (Wildman–Crippen LogP) is 0.761. The molecule has 1 unspecified atom stereocenters. The molecule has 102 valence electrons. The molecule has 1 aromatic carbocycles. The van der Waals surface area contributed by atoms with Crippen molar-refractivity contribution in [3.8, 4) is 0 Å². The summed E-state index contributed by atoms with van der Waals surface area (Å²) in [7, 11) is 0. The minimum atomic E-state index is -1.07. The average Bonchev–Trinajstić information content (AvgIpc) is 2.38. The largest absolute Gasteiger partial charge is 0.480 e. The van der Waals surface area contributed by atoms with Crippen LogP contribution in [0.4, 0.5) is 0 Å². The van der Waals surface area contributed by atoms with E-state index in [9.17, 15) is 9.59 Å². The number of hydrogen-bond donors (Lipinski definition) is 2. The molecule has 1 atom stereocenters. The fourth-order valence-corrected chi connectivity index (χ4v) is 2.32. The average molecular weight is 263 g/mol. The van der Waals surface area contributed by atoms with Gasteiger partial charge in [0.1, 0.15) is 13.2 Å². The first-order valence-corrected chi connectivity index (χ1v) is 6.31. The highest BCUT2D eigenvalue weighted by Gasteiger charge is 2.19. The molecule has 1 aliphatic rings. The highest BCUT2D eigenvalue weighted by atomic mass is 16.5. The third-order valence-electron chi connectivity index (χ3n) is 3.17. The molecule has 1 aromatic rings. The van der Waals surface area contributed by atoms with E-state index in [0.29, 0.717) is 0 Å². The molecule has 0 bridgehead atoms. The molecule has 0 radical (unpaired) electrons. The second-order valence-corrected chi connectivity index (χ2v) is 4.66. The van der Waals surface area contributed by atoms with Gasteiger partial charge in [-0.05, 0) is 30.4 Å². The Hall–Kier alpha value is -1.88. The van der Waals surface area contributed by atoms with Crippen LogP contribution in [-0.4, -0.2) is 36.2 Å². The zero-order chi connectivity index (χ0) is 13.7.